The largest absolute Gasteiger partial charge is 0.376 e. The van der Waals surface area contributed by atoms with Gasteiger partial charge in [-0.3, -0.25) is 4.79 Å². The predicted molar refractivity (Wildman–Crippen MR) is 101 cm³/mol. The van der Waals surface area contributed by atoms with Crippen LogP contribution in [0.25, 0.3) is 10.9 Å². The minimum atomic E-state index is -0.436. The molecule has 1 amide bonds. The number of para-hydroxylation sites is 1. The number of rotatable bonds is 4. The minimum Gasteiger partial charge on any atom is -0.376 e. The second-order valence-electron chi connectivity index (χ2n) is 7.48. The molecule has 1 N–H and O–H groups in total. The molecule has 0 bridgehead atoms. The first kappa shape index (κ1) is 17.6. The summed E-state index contributed by atoms with van der Waals surface area (Å²) in [6.45, 7) is 6.01. The summed E-state index contributed by atoms with van der Waals surface area (Å²) < 4.78 is 11.6. The number of ether oxygens (including phenoxy) is 2. The van der Waals surface area contributed by atoms with E-state index in [1.165, 1.54) is 17.4 Å². The molecule has 2 aromatic rings. The SMILES string of the molecule is C[C@H](OC[C@@H]1CCCCO1)C(=O)N1CCc2c([nH]c3ccccc23)[C@H]1C. The number of hydrogen-bond donors (Lipinski definition) is 1. The number of fused-ring (bicyclic) bond motifs is 3. The fraction of sp³-hybridized carbons (Fsp3) is 0.571. The third-order valence-electron chi connectivity index (χ3n) is 5.77. The third-order valence-corrected chi connectivity index (χ3v) is 5.77. The van der Waals surface area contributed by atoms with Crippen molar-refractivity contribution in [3.05, 3.63) is 35.5 Å². The molecule has 0 saturated carbocycles. The molecule has 2 aliphatic rings. The van der Waals surface area contributed by atoms with E-state index >= 15 is 0 Å². The number of nitrogens with one attached hydrogen (secondary N) is 1. The Balaban J connectivity index is 1.43. The summed E-state index contributed by atoms with van der Waals surface area (Å²) in [5.74, 6) is 0.0672. The average Bonchev–Trinajstić information content (AvgIpc) is 3.06. The van der Waals surface area contributed by atoms with Crippen LogP contribution in [0.2, 0.25) is 0 Å². The lowest BCUT2D eigenvalue weighted by atomic mass is 9.98. The van der Waals surface area contributed by atoms with E-state index in [9.17, 15) is 4.79 Å². The summed E-state index contributed by atoms with van der Waals surface area (Å²) in [4.78, 5) is 18.4. The Morgan fingerprint density at radius 2 is 2.23 bits per heavy atom. The second-order valence-corrected chi connectivity index (χ2v) is 7.48. The number of hydrogen-bond acceptors (Lipinski definition) is 3. The third kappa shape index (κ3) is 3.26. The first-order valence-corrected chi connectivity index (χ1v) is 9.78. The molecule has 5 nitrogen and oxygen atoms in total. The van der Waals surface area contributed by atoms with Crippen LogP contribution < -0.4 is 0 Å². The quantitative estimate of drug-likeness (QED) is 0.911. The first-order valence-electron chi connectivity index (χ1n) is 9.78. The fourth-order valence-corrected chi connectivity index (χ4v) is 4.22. The molecule has 26 heavy (non-hydrogen) atoms. The maximum Gasteiger partial charge on any atom is 0.251 e. The van der Waals surface area contributed by atoms with Gasteiger partial charge in [0.2, 0.25) is 0 Å². The van der Waals surface area contributed by atoms with E-state index in [-0.39, 0.29) is 18.1 Å². The van der Waals surface area contributed by atoms with Crippen LogP contribution in [-0.2, 0) is 20.7 Å². The van der Waals surface area contributed by atoms with E-state index in [0.29, 0.717) is 6.61 Å². The van der Waals surface area contributed by atoms with Gasteiger partial charge in [-0.15, -0.1) is 0 Å². The van der Waals surface area contributed by atoms with Crippen molar-refractivity contribution in [2.24, 2.45) is 0 Å². The molecule has 0 radical (unpaired) electrons. The van der Waals surface area contributed by atoms with E-state index in [0.717, 1.165) is 43.6 Å². The van der Waals surface area contributed by atoms with Crippen molar-refractivity contribution in [1.82, 2.24) is 9.88 Å². The number of carbonyl (C=O) groups is 1. The van der Waals surface area contributed by atoms with Crippen LogP contribution in [0.15, 0.2) is 24.3 Å². The zero-order valence-corrected chi connectivity index (χ0v) is 15.7. The summed E-state index contributed by atoms with van der Waals surface area (Å²) in [5.41, 5.74) is 3.66. The van der Waals surface area contributed by atoms with Gasteiger partial charge in [0.05, 0.1) is 18.8 Å². The van der Waals surface area contributed by atoms with Crippen molar-refractivity contribution < 1.29 is 14.3 Å². The number of carbonyl (C=O) groups excluding carboxylic acids is 1. The van der Waals surface area contributed by atoms with E-state index in [1.807, 2.05) is 17.9 Å². The molecular weight excluding hydrogens is 328 g/mol. The van der Waals surface area contributed by atoms with Crippen molar-refractivity contribution in [3.63, 3.8) is 0 Å². The maximum atomic E-state index is 13.0. The highest BCUT2D eigenvalue weighted by molar-refractivity contribution is 5.86. The van der Waals surface area contributed by atoms with Gasteiger partial charge in [0.15, 0.2) is 0 Å². The predicted octanol–water partition coefficient (Wildman–Crippen LogP) is 3.59. The van der Waals surface area contributed by atoms with Gasteiger partial charge in [-0.2, -0.15) is 0 Å². The Morgan fingerprint density at radius 1 is 1.38 bits per heavy atom. The first-order chi connectivity index (χ1) is 12.6. The Morgan fingerprint density at radius 3 is 3.04 bits per heavy atom. The average molecular weight is 356 g/mol. The van der Waals surface area contributed by atoms with Crippen LogP contribution >= 0.6 is 0 Å². The van der Waals surface area contributed by atoms with E-state index in [2.05, 4.69) is 30.1 Å². The Bertz CT molecular complexity index is 779. The molecule has 3 heterocycles. The molecule has 1 fully saturated rings. The Kier molecular flexibility index (Phi) is 5.00. The standard InChI is InChI=1S/C21H28N2O3/c1-14-20-18(17-8-3-4-9-19(17)22-20)10-11-23(14)21(24)15(2)26-13-16-7-5-6-12-25-16/h3-4,8-9,14-16,22H,5-7,10-13H2,1-2H3/t14-,15+,16+/m1/s1. The zero-order chi connectivity index (χ0) is 18.1. The van der Waals surface area contributed by atoms with Crippen LogP contribution in [0.4, 0.5) is 0 Å². The van der Waals surface area contributed by atoms with Crippen molar-refractivity contribution in [2.75, 3.05) is 19.8 Å². The highest BCUT2D eigenvalue weighted by Gasteiger charge is 2.33. The Labute approximate surface area is 154 Å². The van der Waals surface area contributed by atoms with Gasteiger partial charge < -0.3 is 19.4 Å². The van der Waals surface area contributed by atoms with Crippen molar-refractivity contribution in [3.8, 4) is 0 Å². The molecule has 0 aliphatic carbocycles. The van der Waals surface area contributed by atoms with Crippen molar-refractivity contribution in [2.45, 2.75) is 57.8 Å². The van der Waals surface area contributed by atoms with Gasteiger partial charge in [-0.1, -0.05) is 18.2 Å². The highest BCUT2D eigenvalue weighted by Crippen LogP contribution is 2.34. The molecular formula is C21H28N2O3. The van der Waals surface area contributed by atoms with Crippen LogP contribution in [0, 0.1) is 0 Å². The van der Waals surface area contributed by atoms with Gasteiger partial charge >= 0.3 is 0 Å². The molecule has 1 saturated heterocycles. The highest BCUT2D eigenvalue weighted by atomic mass is 16.5. The second kappa shape index (κ2) is 7.41. The minimum absolute atomic E-state index is 0.0376. The van der Waals surface area contributed by atoms with Gasteiger partial charge in [0.25, 0.3) is 5.91 Å². The number of benzene rings is 1. The monoisotopic (exact) mass is 356 g/mol. The summed E-state index contributed by atoms with van der Waals surface area (Å²) >= 11 is 0. The molecule has 0 spiro atoms. The van der Waals surface area contributed by atoms with Crippen molar-refractivity contribution >= 4 is 16.8 Å². The van der Waals surface area contributed by atoms with E-state index in [4.69, 9.17) is 9.47 Å². The molecule has 140 valence electrons. The molecule has 2 aliphatic heterocycles. The Hall–Kier alpha value is -1.85. The normalized spacial score (nSPS) is 24.5. The van der Waals surface area contributed by atoms with Crippen molar-refractivity contribution in [1.29, 1.82) is 0 Å². The number of nitrogens with zero attached hydrogens (tertiary/aromatic N) is 1. The van der Waals surface area contributed by atoms with Gasteiger partial charge in [-0.05, 0) is 51.2 Å². The topological polar surface area (TPSA) is 54.6 Å². The number of amides is 1. The van der Waals surface area contributed by atoms with E-state index < -0.39 is 6.10 Å². The van der Waals surface area contributed by atoms with Crippen LogP contribution in [-0.4, -0.2) is 47.8 Å². The smallest absolute Gasteiger partial charge is 0.251 e. The van der Waals surface area contributed by atoms with Gasteiger partial charge in [0.1, 0.15) is 6.10 Å². The summed E-state index contributed by atoms with van der Waals surface area (Å²) in [7, 11) is 0. The van der Waals surface area contributed by atoms with Crippen LogP contribution in [0.5, 0.6) is 0 Å². The lowest BCUT2D eigenvalue weighted by molar-refractivity contribution is -0.148. The zero-order valence-electron chi connectivity index (χ0n) is 15.7. The summed E-state index contributed by atoms with van der Waals surface area (Å²) in [6, 6.07) is 8.41. The fourth-order valence-electron chi connectivity index (χ4n) is 4.22. The number of aromatic nitrogens is 1. The van der Waals surface area contributed by atoms with Gasteiger partial charge in [-0.25, -0.2) is 0 Å². The van der Waals surface area contributed by atoms with Gasteiger partial charge in [0, 0.05) is 29.7 Å². The molecule has 0 unspecified atom stereocenters. The van der Waals surface area contributed by atoms with Crippen LogP contribution in [0.1, 0.15) is 50.4 Å². The molecule has 4 rings (SSSR count). The molecule has 1 aromatic carbocycles. The molecule has 3 atom stereocenters. The molecule has 5 heteroatoms. The molecule has 1 aromatic heterocycles. The number of H-pyrrole nitrogens is 1. The lowest BCUT2D eigenvalue weighted by Crippen LogP contribution is -2.44. The van der Waals surface area contributed by atoms with Crippen LogP contribution in [0.3, 0.4) is 0 Å². The van der Waals surface area contributed by atoms with E-state index in [1.54, 1.807) is 0 Å². The number of aromatic amines is 1. The maximum absolute atomic E-state index is 13.0. The summed E-state index contributed by atoms with van der Waals surface area (Å²) in [5, 5.41) is 1.28. The summed E-state index contributed by atoms with van der Waals surface area (Å²) in [6.07, 6.45) is 3.92. The lowest BCUT2D eigenvalue weighted by Gasteiger charge is -2.35.